The fraction of sp³-hybridized carbons (Fsp3) is 0.174. The average Bonchev–Trinajstić information content (AvgIpc) is 3.16. The Labute approximate surface area is 181 Å². The van der Waals surface area contributed by atoms with Gasteiger partial charge in [-0.15, -0.1) is 0 Å². The van der Waals surface area contributed by atoms with Crippen LogP contribution in [0.1, 0.15) is 17.6 Å². The van der Waals surface area contributed by atoms with E-state index in [9.17, 15) is 19.8 Å². The number of carbonyl (C=O) groups is 1. The molecule has 1 unspecified atom stereocenters. The predicted molar refractivity (Wildman–Crippen MR) is 125 cm³/mol. The first-order valence-corrected chi connectivity index (χ1v) is 12.0. The van der Waals surface area contributed by atoms with Gasteiger partial charge in [-0.1, -0.05) is 0 Å². The van der Waals surface area contributed by atoms with Crippen molar-refractivity contribution in [2.75, 3.05) is 22.4 Å². The Balaban J connectivity index is 1.92. The van der Waals surface area contributed by atoms with Gasteiger partial charge < -0.3 is 0 Å². The van der Waals surface area contributed by atoms with Gasteiger partial charge in [0.1, 0.15) is 0 Å². The minimum atomic E-state index is -3.66. The number of carbonyl (C=O) groups excluding carboxylic acids is 1. The molecule has 0 radical (unpaired) electrons. The Morgan fingerprint density at radius 2 is 1.39 bits per heavy atom. The van der Waals surface area contributed by atoms with Crippen molar-refractivity contribution in [1.82, 2.24) is 0 Å². The quantitative estimate of drug-likeness (QED) is 0.249. The zero-order valence-corrected chi connectivity index (χ0v) is 17.9. The Morgan fingerprint density at radius 3 is 1.87 bits per heavy atom. The summed E-state index contributed by atoms with van der Waals surface area (Å²) in [4.78, 5) is 35.6. The third kappa shape index (κ3) is 3.78. The van der Waals surface area contributed by atoms with Crippen molar-refractivity contribution in [2.45, 2.75) is 12.1 Å². The number of benzene rings is 3. The number of anilines is 2. The number of para-hydroxylation sites is 3. The molecule has 31 heavy (non-hydrogen) atoms. The molecule has 7 nitrogen and oxygen atoms in total. The van der Waals surface area contributed by atoms with Gasteiger partial charge in [0.2, 0.25) is 0 Å². The molecule has 3 aromatic carbocycles. The van der Waals surface area contributed by atoms with Crippen molar-refractivity contribution in [2.24, 2.45) is 0 Å². The summed E-state index contributed by atoms with van der Waals surface area (Å²) in [7, 11) is -3.66. The van der Waals surface area contributed by atoms with Gasteiger partial charge in [0.15, 0.2) is 0 Å². The summed E-state index contributed by atoms with van der Waals surface area (Å²) in [5, 5.41) is 11.8. The topological polar surface area (TPSA) is 86.9 Å². The van der Waals surface area contributed by atoms with Crippen LogP contribution in [0.25, 0.3) is 0 Å². The van der Waals surface area contributed by atoms with E-state index in [1.165, 1.54) is 6.07 Å². The summed E-state index contributed by atoms with van der Waals surface area (Å²) in [6.07, 6.45) is 0.733. The molecular formula is C23H24N3O4P. The number of hydrogen-bond acceptors (Lipinski definition) is 6. The molecule has 1 aliphatic heterocycles. The van der Waals surface area contributed by atoms with E-state index < -0.39 is 18.4 Å². The van der Waals surface area contributed by atoms with Crippen LogP contribution in [-0.2, 0) is 4.79 Å². The number of nitrogens with zero attached hydrogens (tertiary/aromatic N) is 3. The van der Waals surface area contributed by atoms with E-state index in [1.54, 1.807) is 18.2 Å². The molecule has 4 rings (SSSR count). The van der Waals surface area contributed by atoms with Gasteiger partial charge in [0.25, 0.3) is 0 Å². The number of nitro benzene ring substituents is 1. The van der Waals surface area contributed by atoms with Crippen molar-refractivity contribution in [3.05, 3.63) is 101 Å². The Bertz CT molecular complexity index is 1020. The molecule has 8 heteroatoms. The molecule has 160 valence electrons. The van der Waals surface area contributed by atoms with Crippen molar-refractivity contribution in [3.8, 4) is 0 Å². The summed E-state index contributed by atoms with van der Waals surface area (Å²) >= 11 is 0. The standard InChI is InChI=1S/C23H24N3O4P/c27-18-15-23(21-13-7-8-14-22(21)26(28)29)31(30)24(19-9-3-1-4-10-19)16-17-25(31)20-11-5-2-6-12-20/h1-14,18,23,30-31H,15-17H2. The van der Waals surface area contributed by atoms with Crippen molar-refractivity contribution in [1.29, 1.82) is 0 Å². The van der Waals surface area contributed by atoms with E-state index in [2.05, 4.69) is 0 Å². The van der Waals surface area contributed by atoms with Crippen LogP contribution in [0.4, 0.5) is 17.1 Å². The molecule has 1 heterocycles. The molecule has 0 aromatic heterocycles. The molecule has 0 spiro atoms. The van der Waals surface area contributed by atoms with Crippen LogP contribution in [0.2, 0.25) is 0 Å². The van der Waals surface area contributed by atoms with Gasteiger partial charge in [-0.05, 0) is 0 Å². The maximum absolute atomic E-state index is 12.5. The van der Waals surface area contributed by atoms with E-state index in [0.717, 1.165) is 17.7 Å². The van der Waals surface area contributed by atoms with Gasteiger partial charge in [0.05, 0.1) is 0 Å². The second-order valence-corrected chi connectivity index (χ2v) is 10.6. The number of rotatable bonds is 7. The van der Waals surface area contributed by atoms with Gasteiger partial charge in [-0.3, -0.25) is 0 Å². The van der Waals surface area contributed by atoms with E-state index in [0.29, 0.717) is 18.7 Å². The summed E-state index contributed by atoms with van der Waals surface area (Å²) in [5.74, 6) is 0. The minimum absolute atomic E-state index is 0.0136. The van der Waals surface area contributed by atoms with Crippen LogP contribution in [0.3, 0.4) is 0 Å². The predicted octanol–water partition coefficient (Wildman–Crippen LogP) is 4.74. The van der Waals surface area contributed by atoms with E-state index in [1.807, 2.05) is 70.0 Å². The summed E-state index contributed by atoms with van der Waals surface area (Å²) < 4.78 is 3.93. The van der Waals surface area contributed by atoms with E-state index in [-0.39, 0.29) is 12.1 Å². The molecular weight excluding hydrogens is 413 g/mol. The monoisotopic (exact) mass is 437 g/mol. The van der Waals surface area contributed by atoms with Gasteiger partial charge in [0, 0.05) is 0 Å². The van der Waals surface area contributed by atoms with Crippen LogP contribution in [0.15, 0.2) is 84.9 Å². The molecule has 1 fully saturated rings. The molecule has 1 aliphatic rings. The fourth-order valence-corrected chi connectivity index (χ4v) is 8.48. The van der Waals surface area contributed by atoms with Crippen molar-refractivity contribution >= 4 is 31.1 Å². The molecule has 0 saturated carbocycles. The van der Waals surface area contributed by atoms with Crippen LogP contribution in [0.5, 0.6) is 0 Å². The molecule has 1 atom stereocenters. The SMILES string of the molecule is O=CCC(c1ccccc1[N+](=O)[O-])[PH]1(O)N(c2ccccc2)CCN1c1ccccc1. The maximum atomic E-state index is 12.5. The Morgan fingerprint density at radius 1 is 0.903 bits per heavy atom. The third-order valence-corrected chi connectivity index (χ3v) is 9.82. The second kappa shape index (κ2) is 8.84. The van der Waals surface area contributed by atoms with Crippen LogP contribution in [-0.4, -0.2) is 29.2 Å². The summed E-state index contributed by atoms with van der Waals surface area (Å²) in [6, 6.07) is 25.5. The fourth-order valence-electron chi connectivity index (χ4n) is 4.44. The van der Waals surface area contributed by atoms with Crippen molar-refractivity contribution in [3.63, 3.8) is 0 Å². The first-order chi connectivity index (χ1) is 15.1. The number of hydrogen-bond donors (Lipinski definition) is 1. The number of nitro groups is 1. The summed E-state index contributed by atoms with van der Waals surface area (Å²) in [5.41, 5.74) is 1.27. The zero-order chi connectivity index (χ0) is 21.8. The molecule has 0 aliphatic carbocycles. The van der Waals surface area contributed by atoms with Crippen molar-refractivity contribution < 1.29 is 14.6 Å². The normalized spacial score (nSPS) is 17.2. The Kier molecular flexibility index (Phi) is 5.98. The van der Waals surface area contributed by atoms with Gasteiger partial charge in [-0.25, -0.2) is 0 Å². The zero-order valence-electron chi connectivity index (χ0n) is 16.9. The molecule has 0 bridgehead atoms. The van der Waals surface area contributed by atoms with E-state index in [4.69, 9.17) is 0 Å². The van der Waals surface area contributed by atoms with Gasteiger partial charge >= 0.3 is 181 Å². The van der Waals surface area contributed by atoms with Crippen LogP contribution in [0, 0.1) is 10.1 Å². The first-order valence-electron chi connectivity index (χ1n) is 10.1. The average molecular weight is 437 g/mol. The molecule has 3 aromatic rings. The molecule has 1 saturated heterocycles. The first kappa shape index (κ1) is 21.0. The molecule has 1 N–H and O–H groups in total. The van der Waals surface area contributed by atoms with Crippen LogP contribution < -0.4 is 9.34 Å². The van der Waals surface area contributed by atoms with Crippen LogP contribution >= 0.6 is 7.79 Å². The van der Waals surface area contributed by atoms with E-state index >= 15 is 0 Å². The number of aldehydes is 1. The third-order valence-electron chi connectivity index (χ3n) is 5.79. The summed E-state index contributed by atoms with van der Waals surface area (Å²) in [6.45, 7) is 1.11. The molecule has 0 amide bonds. The Hall–Kier alpha value is -3.28. The van der Waals surface area contributed by atoms with Gasteiger partial charge in [-0.2, -0.15) is 0 Å². The second-order valence-electron chi connectivity index (χ2n) is 7.43.